The highest BCUT2D eigenvalue weighted by molar-refractivity contribution is 6.05. The zero-order valence-electron chi connectivity index (χ0n) is 6.94. The van der Waals surface area contributed by atoms with Crippen LogP contribution in [-0.4, -0.2) is 22.0 Å². The fourth-order valence-corrected chi connectivity index (χ4v) is 1.01. The lowest BCUT2D eigenvalue weighted by Crippen LogP contribution is -2.05. The lowest BCUT2D eigenvalue weighted by Gasteiger charge is -2.01. The number of carbonyl (C=O) groups is 2. The number of hydrogen-bond donors (Lipinski definition) is 2. The van der Waals surface area contributed by atoms with Gasteiger partial charge in [-0.25, -0.2) is 4.79 Å². The second kappa shape index (κ2) is 3.26. The highest BCUT2D eigenvalue weighted by atomic mass is 16.4. The molecule has 0 saturated heterocycles. The Labute approximate surface area is 74.4 Å². The van der Waals surface area contributed by atoms with Crippen molar-refractivity contribution in [1.82, 2.24) is 0 Å². The maximum Gasteiger partial charge on any atom is 0.336 e. The standard InChI is InChI=1S/C9H8O4/c1-5(10)8-4-6(11)2-3-7(8)9(12)13/h2-4,11H,1H3,(H,12,13). The largest absolute Gasteiger partial charge is 0.508 e. The van der Waals surface area contributed by atoms with Crippen molar-refractivity contribution in [1.29, 1.82) is 0 Å². The van der Waals surface area contributed by atoms with Crippen molar-refractivity contribution >= 4 is 11.8 Å². The first-order valence-electron chi connectivity index (χ1n) is 3.59. The van der Waals surface area contributed by atoms with Crippen LogP contribution in [0.3, 0.4) is 0 Å². The number of phenolic OH excluding ortho intramolecular Hbond substituents is 1. The van der Waals surface area contributed by atoms with Crippen LogP contribution in [0.2, 0.25) is 0 Å². The zero-order valence-corrected chi connectivity index (χ0v) is 6.94. The minimum atomic E-state index is -1.18. The van der Waals surface area contributed by atoms with E-state index in [-0.39, 0.29) is 22.7 Å². The number of carbonyl (C=O) groups excluding carboxylic acids is 1. The zero-order chi connectivity index (χ0) is 10.0. The van der Waals surface area contributed by atoms with E-state index in [1.807, 2.05) is 0 Å². The topological polar surface area (TPSA) is 74.6 Å². The molecule has 1 aromatic carbocycles. The van der Waals surface area contributed by atoms with Gasteiger partial charge in [-0.15, -0.1) is 0 Å². The van der Waals surface area contributed by atoms with E-state index >= 15 is 0 Å². The highest BCUT2D eigenvalue weighted by Crippen LogP contribution is 2.17. The number of hydrogen-bond acceptors (Lipinski definition) is 3. The first kappa shape index (κ1) is 9.25. The van der Waals surface area contributed by atoms with Crippen LogP contribution in [0.4, 0.5) is 0 Å². The molecule has 0 aliphatic rings. The average molecular weight is 180 g/mol. The van der Waals surface area contributed by atoms with Gasteiger partial charge in [0, 0.05) is 5.56 Å². The Morgan fingerprint density at radius 2 is 1.85 bits per heavy atom. The number of benzene rings is 1. The minimum Gasteiger partial charge on any atom is -0.508 e. The summed E-state index contributed by atoms with van der Waals surface area (Å²) in [5.41, 5.74) is -0.0715. The highest BCUT2D eigenvalue weighted by Gasteiger charge is 2.13. The lowest BCUT2D eigenvalue weighted by molar-refractivity contribution is 0.0692. The van der Waals surface area contributed by atoms with Gasteiger partial charge in [-0.3, -0.25) is 4.79 Å². The molecule has 4 nitrogen and oxygen atoms in total. The Morgan fingerprint density at radius 1 is 1.23 bits per heavy atom. The lowest BCUT2D eigenvalue weighted by atomic mass is 10.0. The predicted molar refractivity (Wildman–Crippen MR) is 45.1 cm³/mol. The Balaban J connectivity index is 3.35. The minimum absolute atomic E-state index is 0.0208. The summed E-state index contributed by atoms with van der Waals surface area (Å²) in [4.78, 5) is 21.6. The van der Waals surface area contributed by atoms with Crippen molar-refractivity contribution in [3.63, 3.8) is 0 Å². The smallest absolute Gasteiger partial charge is 0.336 e. The number of ketones is 1. The number of carboxylic acids is 1. The van der Waals surface area contributed by atoms with Crippen molar-refractivity contribution < 1.29 is 19.8 Å². The van der Waals surface area contributed by atoms with Gasteiger partial charge in [0.25, 0.3) is 0 Å². The molecule has 1 aromatic rings. The molecule has 1 rings (SSSR count). The first-order chi connectivity index (χ1) is 6.02. The van der Waals surface area contributed by atoms with Gasteiger partial charge in [-0.1, -0.05) is 0 Å². The maximum atomic E-state index is 10.9. The van der Waals surface area contributed by atoms with E-state index in [1.54, 1.807) is 0 Å². The van der Waals surface area contributed by atoms with Crippen LogP contribution < -0.4 is 0 Å². The monoisotopic (exact) mass is 180 g/mol. The molecule has 0 amide bonds. The number of rotatable bonds is 2. The molecule has 0 aromatic heterocycles. The molecule has 68 valence electrons. The number of carboxylic acid groups (broad SMARTS) is 1. The van der Waals surface area contributed by atoms with E-state index in [4.69, 9.17) is 10.2 Å². The van der Waals surface area contributed by atoms with Gasteiger partial charge < -0.3 is 10.2 Å². The molecule has 0 radical (unpaired) electrons. The van der Waals surface area contributed by atoms with E-state index < -0.39 is 5.97 Å². The summed E-state index contributed by atoms with van der Waals surface area (Å²) < 4.78 is 0. The maximum absolute atomic E-state index is 10.9. The molecule has 0 aliphatic heterocycles. The van der Waals surface area contributed by atoms with Gasteiger partial charge in [0.15, 0.2) is 5.78 Å². The fourth-order valence-electron chi connectivity index (χ4n) is 1.01. The SMILES string of the molecule is CC(=O)c1cc(O)ccc1C(=O)O. The van der Waals surface area contributed by atoms with Crippen molar-refractivity contribution in [2.45, 2.75) is 6.92 Å². The summed E-state index contributed by atoms with van der Waals surface area (Å²) in [7, 11) is 0. The Morgan fingerprint density at radius 3 is 2.31 bits per heavy atom. The third kappa shape index (κ3) is 1.84. The summed E-state index contributed by atoms with van der Waals surface area (Å²) in [6.45, 7) is 1.25. The van der Waals surface area contributed by atoms with E-state index in [2.05, 4.69) is 0 Å². The normalized spacial score (nSPS) is 9.62. The van der Waals surface area contributed by atoms with Crippen molar-refractivity contribution in [3.05, 3.63) is 29.3 Å². The van der Waals surface area contributed by atoms with Crippen LogP contribution in [0.5, 0.6) is 5.75 Å². The van der Waals surface area contributed by atoms with E-state index in [1.165, 1.54) is 19.1 Å². The molecule has 0 atom stereocenters. The predicted octanol–water partition coefficient (Wildman–Crippen LogP) is 1.29. The number of aromatic carboxylic acids is 1. The second-order valence-electron chi connectivity index (χ2n) is 2.59. The van der Waals surface area contributed by atoms with Crippen molar-refractivity contribution in [2.75, 3.05) is 0 Å². The summed E-state index contributed by atoms with van der Waals surface area (Å²) in [6, 6.07) is 3.58. The molecule has 0 bridgehead atoms. The van der Waals surface area contributed by atoms with Crippen LogP contribution in [0.1, 0.15) is 27.6 Å². The molecule has 2 N–H and O–H groups in total. The fraction of sp³-hybridized carbons (Fsp3) is 0.111. The molecule has 0 saturated carbocycles. The van der Waals surface area contributed by atoms with Gasteiger partial charge in [0.05, 0.1) is 5.56 Å². The van der Waals surface area contributed by atoms with Gasteiger partial charge >= 0.3 is 5.97 Å². The van der Waals surface area contributed by atoms with Gasteiger partial charge in [0.1, 0.15) is 5.75 Å². The third-order valence-electron chi connectivity index (χ3n) is 1.61. The summed E-state index contributed by atoms with van der Waals surface area (Å²) in [6.07, 6.45) is 0. The summed E-state index contributed by atoms with van der Waals surface area (Å²) >= 11 is 0. The van der Waals surface area contributed by atoms with Gasteiger partial charge in [0.2, 0.25) is 0 Å². The molecule has 0 aliphatic carbocycles. The van der Waals surface area contributed by atoms with Crippen LogP contribution in [0, 0.1) is 0 Å². The first-order valence-corrected chi connectivity index (χ1v) is 3.59. The Kier molecular flexibility index (Phi) is 2.32. The molecular weight excluding hydrogens is 172 g/mol. The van der Waals surface area contributed by atoms with Crippen LogP contribution >= 0.6 is 0 Å². The average Bonchev–Trinajstić information content (AvgIpc) is 2.03. The number of phenols is 1. The quantitative estimate of drug-likeness (QED) is 0.672. The second-order valence-corrected chi connectivity index (χ2v) is 2.59. The number of Topliss-reactive ketones (excluding diaryl/α,β-unsaturated/α-hetero) is 1. The van der Waals surface area contributed by atoms with Gasteiger partial charge in [-0.2, -0.15) is 0 Å². The van der Waals surface area contributed by atoms with Crippen molar-refractivity contribution in [3.8, 4) is 5.75 Å². The van der Waals surface area contributed by atoms with Gasteiger partial charge in [-0.05, 0) is 25.1 Å². The van der Waals surface area contributed by atoms with Crippen LogP contribution in [0.15, 0.2) is 18.2 Å². The van der Waals surface area contributed by atoms with E-state index in [9.17, 15) is 9.59 Å². The molecular formula is C9H8O4. The third-order valence-corrected chi connectivity index (χ3v) is 1.61. The molecule has 0 heterocycles. The molecule has 13 heavy (non-hydrogen) atoms. The molecule has 0 spiro atoms. The number of aromatic hydroxyl groups is 1. The molecule has 0 fully saturated rings. The Hall–Kier alpha value is -1.84. The van der Waals surface area contributed by atoms with E-state index in [0.717, 1.165) is 6.07 Å². The molecule has 4 heteroatoms. The van der Waals surface area contributed by atoms with Crippen LogP contribution in [-0.2, 0) is 0 Å². The summed E-state index contributed by atoms with van der Waals surface area (Å²) in [5.74, 6) is -1.67. The van der Waals surface area contributed by atoms with Crippen molar-refractivity contribution in [2.24, 2.45) is 0 Å². The molecule has 0 unspecified atom stereocenters. The Bertz CT molecular complexity index is 368. The summed E-state index contributed by atoms with van der Waals surface area (Å²) in [5, 5.41) is 17.7. The van der Waals surface area contributed by atoms with E-state index in [0.29, 0.717) is 0 Å². The van der Waals surface area contributed by atoms with Crippen LogP contribution in [0.25, 0.3) is 0 Å².